The molecule has 1 saturated heterocycles. The number of hydrogen-bond donors (Lipinski definition) is 1. The fourth-order valence-electron chi connectivity index (χ4n) is 3.24. The van der Waals surface area contributed by atoms with Crippen LogP contribution in [0, 0.1) is 0 Å². The monoisotopic (exact) mass is 321 g/mol. The Kier molecular flexibility index (Phi) is 5.00. The topological polar surface area (TPSA) is 28.2 Å². The van der Waals surface area contributed by atoms with Gasteiger partial charge in [-0.05, 0) is 42.2 Å². The van der Waals surface area contributed by atoms with Gasteiger partial charge in [-0.25, -0.2) is 4.98 Å². The number of aromatic nitrogens is 1. The van der Waals surface area contributed by atoms with Gasteiger partial charge in [0.1, 0.15) is 5.82 Å². The van der Waals surface area contributed by atoms with E-state index in [9.17, 15) is 0 Å². The fourth-order valence-corrected chi connectivity index (χ4v) is 3.24. The quantitative estimate of drug-likeness (QED) is 0.909. The summed E-state index contributed by atoms with van der Waals surface area (Å²) < 4.78 is 0. The minimum Gasteiger partial charge on any atom is -0.354 e. The van der Waals surface area contributed by atoms with Crippen LogP contribution in [0.25, 0.3) is 16.8 Å². The molecule has 3 heteroatoms. The van der Waals surface area contributed by atoms with Crippen molar-refractivity contribution in [3.05, 3.63) is 54.1 Å². The third-order valence-corrected chi connectivity index (χ3v) is 4.61. The Labute approximate surface area is 145 Å². The number of benzene rings is 1. The van der Waals surface area contributed by atoms with Gasteiger partial charge in [0.25, 0.3) is 0 Å². The number of nitrogens with zero attached hydrogens (tertiary/aromatic N) is 2. The molecule has 126 valence electrons. The summed E-state index contributed by atoms with van der Waals surface area (Å²) in [7, 11) is 0. The van der Waals surface area contributed by atoms with Gasteiger partial charge in [-0.2, -0.15) is 0 Å². The predicted octanol–water partition coefficient (Wildman–Crippen LogP) is 4.31. The van der Waals surface area contributed by atoms with Crippen molar-refractivity contribution < 1.29 is 0 Å². The molecule has 0 unspecified atom stereocenters. The molecule has 0 radical (unpaired) electrons. The molecule has 2 aromatic rings. The normalized spacial score (nSPS) is 14.9. The molecule has 0 spiro atoms. The maximum absolute atomic E-state index is 4.91. The van der Waals surface area contributed by atoms with E-state index in [-0.39, 0.29) is 0 Å². The summed E-state index contributed by atoms with van der Waals surface area (Å²) in [6.07, 6.45) is 0. The number of nitrogens with one attached hydrogen (secondary N) is 1. The van der Waals surface area contributed by atoms with Crippen molar-refractivity contribution in [2.75, 3.05) is 31.1 Å². The average molecular weight is 321 g/mol. The van der Waals surface area contributed by atoms with Crippen LogP contribution in [0.15, 0.2) is 43.0 Å². The van der Waals surface area contributed by atoms with Gasteiger partial charge in [-0.15, -0.1) is 0 Å². The average Bonchev–Trinajstić information content (AvgIpc) is 2.62. The second kappa shape index (κ2) is 7.18. The van der Waals surface area contributed by atoms with Crippen LogP contribution in [0.4, 0.5) is 5.82 Å². The first-order valence-corrected chi connectivity index (χ1v) is 8.79. The standard InChI is InChI=1S/C21H27N3/c1-15(2)18-9-8-17(14-19(18)16(3)4)20-6-5-7-21(23-20)24-12-10-22-11-13-24/h5-9,14-15,22H,3,10-13H2,1-2,4H3. The summed E-state index contributed by atoms with van der Waals surface area (Å²) in [4.78, 5) is 7.26. The Hall–Kier alpha value is -2.13. The van der Waals surface area contributed by atoms with E-state index in [4.69, 9.17) is 4.98 Å². The second-order valence-electron chi connectivity index (χ2n) is 6.86. The van der Waals surface area contributed by atoms with E-state index >= 15 is 0 Å². The lowest BCUT2D eigenvalue weighted by Gasteiger charge is -2.28. The first kappa shape index (κ1) is 16.7. The van der Waals surface area contributed by atoms with Gasteiger partial charge in [0.15, 0.2) is 0 Å². The van der Waals surface area contributed by atoms with Gasteiger partial charge < -0.3 is 10.2 Å². The van der Waals surface area contributed by atoms with Crippen LogP contribution in [-0.2, 0) is 0 Å². The van der Waals surface area contributed by atoms with Crippen LogP contribution in [0.1, 0.15) is 37.8 Å². The Morgan fingerprint density at radius 1 is 1.17 bits per heavy atom. The molecule has 1 aromatic heterocycles. The molecule has 1 aliphatic rings. The number of anilines is 1. The zero-order valence-electron chi connectivity index (χ0n) is 15.0. The smallest absolute Gasteiger partial charge is 0.129 e. The Morgan fingerprint density at radius 2 is 1.92 bits per heavy atom. The number of hydrogen-bond acceptors (Lipinski definition) is 3. The van der Waals surface area contributed by atoms with Gasteiger partial charge in [0.2, 0.25) is 0 Å². The molecule has 3 nitrogen and oxygen atoms in total. The van der Waals surface area contributed by atoms with Gasteiger partial charge in [0.05, 0.1) is 5.69 Å². The lowest BCUT2D eigenvalue weighted by Crippen LogP contribution is -2.43. The summed E-state index contributed by atoms with van der Waals surface area (Å²) in [5.41, 5.74) is 5.90. The zero-order chi connectivity index (χ0) is 17.1. The van der Waals surface area contributed by atoms with Crippen molar-refractivity contribution in [2.24, 2.45) is 0 Å². The third kappa shape index (κ3) is 3.51. The van der Waals surface area contributed by atoms with Crippen LogP contribution < -0.4 is 10.2 Å². The van der Waals surface area contributed by atoms with E-state index in [0.717, 1.165) is 48.8 Å². The summed E-state index contributed by atoms with van der Waals surface area (Å²) in [6.45, 7) is 14.8. The van der Waals surface area contributed by atoms with E-state index in [1.54, 1.807) is 0 Å². The highest BCUT2D eigenvalue weighted by molar-refractivity contribution is 5.72. The van der Waals surface area contributed by atoms with E-state index in [1.165, 1.54) is 11.1 Å². The van der Waals surface area contributed by atoms with E-state index in [2.05, 4.69) is 74.0 Å². The number of allylic oxidation sites excluding steroid dienone is 1. The molecule has 1 aromatic carbocycles. The van der Waals surface area contributed by atoms with E-state index in [0.29, 0.717) is 5.92 Å². The summed E-state index contributed by atoms with van der Waals surface area (Å²) in [5.74, 6) is 1.56. The van der Waals surface area contributed by atoms with Gasteiger partial charge in [-0.3, -0.25) is 0 Å². The van der Waals surface area contributed by atoms with Crippen LogP contribution in [-0.4, -0.2) is 31.2 Å². The highest BCUT2D eigenvalue weighted by Crippen LogP contribution is 2.30. The largest absolute Gasteiger partial charge is 0.354 e. The van der Waals surface area contributed by atoms with Gasteiger partial charge in [-0.1, -0.05) is 44.2 Å². The first-order chi connectivity index (χ1) is 11.6. The molecule has 0 saturated carbocycles. The summed E-state index contributed by atoms with van der Waals surface area (Å²) in [6, 6.07) is 13.0. The Balaban J connectivity index is 1.96. The molecular formula is C21H27N3. The van der Waals surface area contributed by atoms with Crippen molar-refractivity contribution in [2.45, 2.75) is 26.7 Å². The number of piperazine rings is 1. The minimum absolute atomic E-state index is 0.492. The van der Waals surface area contributed by atoms with Gasteiger partial charge >= 0.3 is 0 Å². The molecule has 1 N–H and O–H groups in total. The zero-order valence-corrected chi connectivity index (χ0v) is 15.0. The maximum atomic E-state index is 4.91. The van der Waals surface area contributed by atoms with E-state index in [1.807, 2.05) is 0 Å². The van der Waals surface area contributed by atoms with E-state index < -0.39 is 0 Å². The lowest BCUT2D eigenvalue weighted by atomic mass is 9.91. The van der Waals surface area contributed by atoms with Gasteiger partial charge in [0, 0.05) is 31.7 Å². The third-order valence-electron chi connectivity index (χ3n) is 4.61. The summed E-state index contributed by atoms with van der Waals surface area (Å²) >= 11 is 0. The molecule has 1 aliphatic heterocycles. The van der Waals surface area contributed by atoms with Crippen LogP contribution in [0.5, 0.6) is 0 Å². The van der Waals surface area contributed by atoms with Crippen LogP contribution in [0.3, 0.4) is 0 Å². The molecule has 0 aliphatic carbocycles. The van der Waals surface area contributed by atoms with Crippen molar-refractivity contribution >= 4 is 11.4 Å². The molecule has 24 heavy (non-hydrogen) atoms. The molecule has 0 bridgehead atoms. The molecule has 0 amide bonds. The number of rotatable bonds is 4. The second-order valence-corrected chi connectivity index (χ2v) is 6.86. The Bertz CT molecular complexity index is 728. The molecule has 2 heterocycles. The van der Waals surface area contributed by atoms with Crippen molar-refractivity contribution in [1.82, 2.24) is 10.3 Å². The highest BCUT2D eigenvalue weighted by atomic mass is 15.2. The van der Waals surface area contributed by atoms with Crippen molar-refractivity contribution in [3.8, 4) is 11.3 Å². The predicted molar refractivity (Wildman–Crippen MR) is 104 cm³/mol. The van der Waals surface area contributed by atoms with Crippen LogP contribution >= 0.6 is 0 Å². The fraction of sp³-hybridized carbons (Fsp3) is 0.381. The Morgan fingerprint density at radius 3 is 2.58 bits per heavy atom. The number of pyridine rings is 1. The molecule has 1 fully saturated rings. The molecule has 3 rings (SSSR count). The highest BCUT2D eigenvalue weighted by Gasteiger charge is 2.14. The van der Waals surface area contributed by atoms with Crippen molar-refractivity contribution in [1.29, 1.82) is 0 Å². The lowest BCUT2D eigenvalue weighted by molar-refractivity contribution is 0.585. The van der Waals surface area contributed by atoms with Crippen LogP contribution in [0.2, 0.25) is 0 Å². The SMILES string of the molecule is C=C(C)c1cc(-c2cccc(N3CCNCC3)n2)ccc1C(C)C. The first-order valence-electron chi connectivity index (χ1n) is 8.79. The minimum atomic E-state index is 0.492. The maximum Gasteiger partial charge on any atom is 0.129 e. The molecule has 0 atom stereocenters. The molecular weight excluding hydrogens is 294 g/mol. The summed E-state index contributed by atoms with van der Waals surface area (Å²) in [5, 5.41) is 3.39. The van der Waals surface area contributed by atoms with Crippen molar-refractivity contribution in [3.63, 3.8) is 0 Å².